The average molecular weight is 395 g/mol. The number of hydrogen-bond acceptors (Lipinski definition) is 6. The molecule has 1 aliphatic heterocycles. The molecule has 0 spiro atoms. The molecular formula is C20H21N5O4. The summed E-state index contributed by atoms with van der Waals surface area (Å²) in [6, 6.07) is 5.27. The summed E-state index contributed by atoms with van der Waals surface area (Å²) in [5.74, 6) is 0.802. The van der Waals surface area contributed by atoms with Crippen molar-refractivity contribution in [3.8, 4) is 11.1 Å². The zero-order valence-electron chi connectivity index (χ0n) is 16.2. The van der Waals surface area contributed by atoms with Crippen LogP contribution in [-0.4, -0.2) is 45.9 Å². The van der Waals surface area contributed by atoms with Gasteiger partial charge in [0, 0.05) is 45.0 Å². The second-order valence-corrected chi connectivity index (χ2v) is 7.09. The van der Waals surface area contributed by atoms with E-state index < -0.39 is 0 Å². The quantitative estimate of drug-likeness (QED) is 0.684. The topological polar surface area (TPSA) is 109 Å². The largest absolute Gasteiger partial charge is 0.459 e. The molecule has 0 aromatic carbocycles. The van der Waals surface area contributed by atoms with Crippen molar-refractivity contribution in [3.05, 3.63) is 46.7 Å². The number of nitrogens with zero attached hydrogens (tertiary/aromatic N) is 3. The van der Waals surface area contributed by atoms with Crippen LogP contribution < -0.4 is 16.2 Å². The van der Waals surface area contributed by atoms with Gasteiger partial charge < -0.3 is 19.6 Å². The fourth-order valence-corrected chi connectivity index (χ4v) is 3.48. The molecule has 0 radical (unpaired) electrons. The first-order valence-corrected chi connectivity index (χ1v) is 9.26. The molecule has 1 aliphatic rings. The maximum Gasteiger partial charge on any atom is 0.261 e. The molecule has 3 aromatic rings. The van der Waals surface area contributed by atoms with Gasteiger partial charge in [0.05, 0.1) is 18.5 Å². The minimum absolute atomic E-state index is 0.0220. The molecule has 150 valence electrons. The van der Waals surface area contributed by atoms with Crippen LogP contribution in [0.15, 0.2) is 39.8 Å². The molecule has 0 unspecified atom stereocenters. The zero-order valence-corrected chi connectivity index (χ0v) is 16.2. The van der Waals surface area contributed by atoms with Crippen molar-refractivity contribution in [2.45, 2.75) is 13.5 Å². The lowest BCUT2D eigenvalue weighted by Gasteiger charge is -2.25. The lowest BCUT2D eigenvalue weighted by molar-refractivity contribution is -0.124. The lowest BCUT2D eigenvalue weighted by atomic mass is 10.1. The monoisotopic (exact) mass is 395 g/mol. The number of aromatic nitrogens is 2. The summed E-state index contributed by atoms with van der Waals surface area (Å²) in [6.07, 6.45) is 3.30. The summed E-state index contributed by atoms with van der Waals surface area (Å²) >= 11 is 0. The van der Waals surface area contributed by atoms with Crippen LogP contribution in [0.2, 0.25) is 0 Å². The van der Waals surface area contributed by atoms with E-state index >= 15 is 0 Å². The van der Waals surface area contributed by atoms with Gasteiger partial charge in [-0.1, -0.05) is 0 Å². The highest BCUT2D eigenvalue weighted by atomic mass is 16.3. The summed E-state index contributed by atoms with van der Waals surface area (Å²) in [4.78, 5) is 41.7. The third kappa shape index (κ3) is 3.90. The van der Waals surface area contributed by atoms with Gasteiger partial charge in [0.25, 0.3) is 5.56 Å². The predicted octanol–water partition coefficient (Wildman–Crippen LogP) is 1.08. The number of anilines is 1. The highest BCUT2D eigenvalue weighted by molar-refractivity contribution is 5.93. The van der Waals surface area contributed by atoms with E-state index in [-0.39, 0.29) is 17.4 Å². The molecule has 9 heteroatoms. The highest BCUT2D eigenvalue weighted by Gasteiger charge is 2.20. The number of rotatable bonds is 4. The molecular weight excluding hydrogens is 374 g/mol. The Bertz CT molecular complexity index is 1160. The minimum atomic E-state index is -0.217. The molecule has 2 N–H and O–H groups in total. The van der Waals surface area contributed by atoms with Crippen LogP contribution in [0, 0.1) is 0 Å². The van der Waals surface area contributed by atoms with Crippen LogP contribution in [-0.2, 0) is 23.2 Å². The zero-order chi connectivity index (χ0) is 20.5. The second-order valence-electron chi connectivity index (χ2n) is 7.09. The van der Waals surface area contributed by atoms with E-state index in [1.54, 1.807) is 37.6 Å². The first-order chi connectivity index (χ1) is 13.9. The molecule has 0 saturated carbocycles. The Morgan fingerprint density at radius 1 is 1.34 bits per heavy atom. The molecule has 3 aromatic heterocycles. The van der Waals surface area contributed by atoms with Gasteiger partial charge in [-0.25, -0.2) is 4.98 Å². The van der Waals surface area contributed by atoms with Gasteiger partial charge >= 0.3 is 0 Å². The van der Waals surface area contributed by atoms with Gasteiger partial charge in [0.1, 0.15) is 17.2 Å². The molecule has 0 atom stereocenters. The minimum Gasteiger partial charge on any atom is -0.459 e. The number of pyridine rings is 2. The SMILES string of the molecule is CC(=O)Nc1cc(-c2cn(C)c(=O)c3cc(CN4CCNC(=O)C4)oc23)ccn1. The molecule has 4 rings (SSSR count). The summed E-state index contributed by atoms with van der Waals surface area (Å²) in [5.41, 5.74) is 1.80. The third-order valence-electron chi connectivity index (χ3n) is 4.77. The van der Waals surface area contributed by atoms with Crippen molar-refractivity contribution >= 4 is 28.6 Å². The first-order valence-electron chi connectivity index (χ1n) is 9.26. The Balaban J connectivity index is 1.76. The molecule has 0 aliphatic carbocycles. The maximum atomic E-state index is 12.6. The summed E-state index contributed by atoms with van der Waals surface area (Å²) in [5, 5.41) is 5.92. The van der Waals surface area contributed by atoms with Crippen LogP contribution in [0.4, 0.5) is 5.82 Å². The van der Waals surface area contributed by atoms with Crippen molar-refractivity contribution < 1.29 is 14.0 Å². The van der Waals surface area contributed by atoms with Crippen LogP contribution in [0.5, 0.6) is 0 Å². The Kier molecular flexibility index (Phi) is 4.89. The summed E-state index contributed by atoms with van der Waals surface area (Å²) in [6.45, 7) is 3.47. The van der Waals surface area contributed by atoms with E-state index in [4.69, 9.17) is 4.42 Å². The normalized spacial score (nSPS) is 14.8. The van der Waals surface area contributed by atoms with Crippen molar-refractivity contribution in [1.82, 2.24) is 19.8 Å². The Hall–Kier alpha value is -3.46. The molecule has 29 heavy (non-hydrogen) atoms. The lowest BCUT2D eigenvalue weighted by Crippen LogP contribution is -2.47. The fourth-order valence-electron chi connectivity index (χ4n) is 3.48. The number of hydrogen-bond donors (Lipinski definition) is 2. The van der Waals surface area contributed by atoms with Crippen molar-refractivity contribution in [1.29, 1.82) is 0 Å². The summed E-state index contributed by atoms with van der Waals surface area (Å²) in [7, 11) is 1.68. The maximum absolute atomic E-state index is 12.6. The third-order valence-corrected chi connectivity index (χ3v) is 4.77. The standard InChI is InChI=1S/C20H21N5O4/c1-12(26)23-17-7-13(3-4-21-17)16-10-24(2)20(28)15-8-14(29-19(15)16)9-25-6-5-22-18(27)11-25/h3-4,7-8,10H,5-6,9,11H2,1-2H3,(H,22,27)(H,21,23,26). The number of nitrogens with one attached hydrogen (secondary N) is 2. The molecule has 1 fully saturated rings. The van der Waals surface area contributed by atoms with Crippen molar-refractivity contribution in [2.24, 2.45) is 7.05 Å². The van der Waals surface area contributed by atoms with Gasteiger partial charge in [0.2, 0.25) is 11.8 Å². The van der Waals surface area contributed by atoms with Gasteiger partial charge in [-0.2, -0.15) is 0 Å². The number of piperazine rings is 1. The smallest absolute Gasteiger partial charge is 0.261 e. The Morgan fingerprint density at radius 2 is 2.17 bits per heavy atom. The van der Waals surface area contributed by atoms with E-state index in [9.17, 15) is 14.4 Å². The van der Waals surface area contributed by atoms with Gasteiger partial charge in [-0.05, 0) is 23.8 Å². The van der Waals surface area contributed by atoms with Gasteiger partial charge in [0.15, 0.2) is 0 Å². The molecule has 1 saturated heterocycles. The average Bonchev–Trinajstić information content (AvgIpc) is 3.08. The van der Waals surface area contributed by atoms with Crippen LogP contribution >= 0.6 is 0 Å². The molecule has 0 bridgehead atoms. The Morgan fingerprint density at radius 3 is 2.93 bits per heavy atom. The van der Waals surface area contributed by atoms with E-state index in [2.05, 4.69) is 15.6 Å². The second kappa shape index (κ2) is 7.51. The van der Waals surface area contributed by atoms with E-state index in [0.29, 0.717) is 42.2 Å². The van der Waals surface area contributed by atoms with E-state index in [0.717, 1.165) is 17.7 Å². The van der Waals surface area contributed by atoms with Crippen LogP contribution in [0.3, 0.4) is 0 Å². The number of furan rings is 1. The van der Waals surface area contributed by atoms with Crippen LogP contribution in [0.25, 0.3) is 22.1 Å². The highest BCUT2D eigenvalue weighted by Crippen LogP contribution is 2.30. The number of carbonyl (C=O) groups is 2. The van der Waals surface area contributed by atoms with E-state index in [1.165, 1.54) is 11.5 Å². The van der Waals surface area contributed by atoms with E-state index in [1.807, 2.05) is 4.90 Å². The van der Waals surface area contributed by atoms with Crippen molar-refractivity contribution in [2.75, 3.05) is 25.0 Å². The fraction of sp³-hybridized carbons (Fsp3) is 0.300. The van der Waals surface area contributed by atoms with Crippen LogP contribution in [0.1, 0.15) is 12.7 Å². The number of carbonyl (C=O) groups excluding carboxylic acids is 2. The number of amides is 2. The first kappa shape index (κ1) is 18.9. The number of fused-ring (bicyclic) bond motifs is 1. The molecule has 4 heterocycles. The summed E-state index contributed by atoms with van der Waals surface area (Å²) < 4.78 is 7.56. The van der Waals surface area contributed by atoms with Gasteiger partial charge in [-0.3, -0.25) is 19.3 Å². The number of aryl methyl sites for hydroxylation is 1. The van der Waals surface area contributed by atoms with Crippen molar-refractivity contribution in [3.63, 3.8) is 0 Å². The predicted molar refractivity (Wildman–Crippen MR) is 107 cm³/mol. The molecule has 2 amide bonds. The Labute approximate surface area is 166 Å². The van der Waals surface area contributed by atoms with Gasteiger partial charge in [-0.15, -0.1) is 0 Å². The molecule has 9 nitrogen and oxygen atoms in total.